The molecule has 0 saturated heterocycles. The molecule has 0 atom stereocenters. The van der Waals surface area contributed by atoms with Gasteiger partial charge in [0.2, 0.25) is 0 Å². The lowest BCUT2D eigenvalue weighted by Gasteiger charge is -2.07. The Kier molecular flexibility index (Phi) is 2.48. The Morgan fingerprint density at radius 1 is 1.67 bits per heavy atom. The molecule has 1 aromatic heterocycles. The van der Waals surface area contributed by atoms with E-state index in [0.717, 1.165) is 17.0 Å². The van der Waals surface area contributed by atoms with E-state index in [2.05, 4.69) is 37.1 Å². The van der Waals surface area contributed by atoms with Crippen LogP contribution in [-0.4, -0.2) is 11.7 Å². The molecule has 1 heterocycles. The zero-order valence-corrected chi connectivity index (χ0v) is 7.59. The van der Waals surface area contributed by atoms with Gasteiger partial charge < -0.3 is 4.98 Å². The van der Waals surface area contributed by atoms with Crippen molar-refractivity contribution in [2.24, 2.45) is 10.9 Å². The Morgan fingerprint density at radius 3 is 2.83 bits per heavy atom. The van der Waals surface area contributed by atoms with Gasteiger partial charge in [0, 0.05) is 13.2 Å². The predicted molar refractivity (Wildman–Crippen MR) is 56.0 cm³/mol. The molecule has 0 aliphatic heterocycles. The SMILES string of the molecule is C=Nc1[nH]ccc1C(=C)C(C)C.[HH]. The molecule has 2 heteroatoms. The topological polar surface area (TPSA) is 28.1 Å². The first-order chi connectivity index (χ1) is 5.66. The van der Waals surface area contributed by atoms with Gasteiger partial charge in [0.25, 0.3) is 0 Å². The van der Waals surface area contributed by atoms with Crippen molar-refractivity contribution in [1.29, 1.82) is 0 Å². The highest BCUT2D eigenvalue weighted by molar-refractivity contribution is 5.73. The van der Waals surface area contributed by atoms with Gasteiger partial charge in [0.05, 0.1) is 0 Å². The lowest BCUT2D eigenvalue weighted by molar-refractivity contribution is 0.858. The Morgan fingerprint density at radius 2 is 2.33 bits per heavy atom. The standard InChI is InChI=1S/C10H14N2.H2/c1-7(2)8(3)9-5-6-12-10(9)11-4;/h5-7,12H,3-4H2,1-2H3;1H. The van der Waals surface area contributed by atoms with Crippen LogP contribution >= 0.6 is 0 Å². The maximum Gasteiger partial charge on any atom is 0.136 e. The average Bonchev–Trinajstić information content (AvgIpc) is 2.49. The van der Waals surface area contributed by atoms with Crippen LogP contribution in [0.15, 0.2) is 23.8 Å². The number of hydrogen-bond acceptors (Lipinski definition) is 1. The molecule has 1 aromatic rings. The largest absolute Gasteiger partial charge is 0.346 e. The Labute approximate surface area is 74.5 Å². The van der Waals surface area contributed by atoms with E-state index in [1.807, 2.05) is 12.3 Å². The number of nitrogens with zero attached hydrogens (tertiary/aromatic N) is 1. The molecule has 0 fully saturated rings. The molecule has 1 rings (SSSR count). The Bertz CT molecular complexity index is 300. The number of allylic oxidation sites excluding steroid dienone is 1. The quantitative estimate of drug-likeness (QED) is 0.664. The fourth-order valence-corrected chi connectivity index (χ4v) is 1.06. The third kappa shape index (κ3) is 1.47. The third-order valence-corrected chi connectivity index (χ3v) is 1.93. The summed E-state index contributed by atoms with van der Waals surface area (Å²) in [5.41, 5.74) is 2.17. The minimum Gasteiger partial charge on any atom is -0.346 e. The molecule has 1 N–H and O–H groups in total. The van der Waals surface area contributed by atoms with Crippen molar-refractivity contribution < 1.29 is 1.43 Å². The van der Waals surface area contributed by atoms with Gasteiger partial charge in [-0.3, -0.25) is 0 Å². The van der Waals surface area contributed by atoms with Gasteiger partial charge >= 0.3 is 0 Å². The smallest absolute Gasteiger partial charge is 0.136 e. The summed E-state index contributed by atoms with van der Waals surface area (Å²) in [5, 5.41) is 0. The molecule has 2 nitrogen and oxygen atoms in total. The molecule has 0 aliphatic rings. The number of aromatic nitrogens is 1. The Balaban J connectivity index is 0.00000144. The molecule has 12 heavy (non-hydrogen) atoms. The van der Waals surface area contributed by atoms with Crippen molar-refractivity contribution in [1.82, 2.24) is 4.98 Å². The van der Waals surface area contributed by atoms with Gasteiger partial charge in [-0.25, -0.2) is 4.99 Å². The van der Waals surface area contributed by atoms with Gasteiger partial charge in [-0.1, -0.05) is 20.4 Å². The molecule has 0 aliphatic carbocycles. The van der Waals surface area contributed by atoms with Crippen molar-refractivity contribution >= 4 is 18.1 Å². The van der Waals surface area contributed by atoms with Crippen LogP contribution in [0.5, 0.6) is 0 Å². The minimum atomic E-state index is 0. The molecule has 0 unspecified atom stereocenters. The van der Waals surface area contributed by atoms with E-state index in [-0.39, 0.29) is 1.43 Å². The van der Waals surface area contributed by atoms with E-state index in [1.165, 1.54) is 0 Å². The predicted octanol–water partition coefficient (Wildman–Crippen LogP) is 3.26. The highest BCUT2D eigenvalue weighted by Crippen LogP contribution is 2.28. The second-order valence-electron chi connectivity index (χ2n) is 3.08. The summed E-state index contributed by atoms with van der Waals surface area (Å²) in [6.45, 7) is 11.7. The highest BCUT2D eigenvalue weighted by atomic mass is 14.9. The van der Waals surface area contributed by atoms with Crippen LogP contribution in [0.2, 0.25) is 0 Å². The second kappa shape index (κ2) is 3.39. The first-order valence-corrected chi connectivity index (χ1v) is 4.00. The molecule has 0 bridgehead atoms. The van der Waals surface area contributed by atoms with Crippen LogP contribution in [0.1, 0.15) is 20.8 Å². The van der Waals surface area contributed by atoms with E-state index >= 15 is 0 Å². The Hall–Kier alpha value is -1.31. The number of nitrogens with one attached hydrogen (secondary N) is 1. The maximum atomic E-state index is 4.00. The highest BCUT2D eigenvalue weighted by Gasteiger charge is 2.08. The third-order valence-electron chi connectivity index (χ3n) is 1.93. The zero-order valence-electron chi connectivity index (χ0n) is 7.59. The fraction of sp³-hybridized carbons (Fsp3) is 0.300. The first-order valence-electron chi connectivity index (χ1n) is 4.00. The lowest BCUT2D eigenvalue weighted by Crippen LogP contribution is -1.89. The number of rotatable bonds is 3. The van der Waals surface area contributed by atoms with E-state index in [4.69, 9.17) is 0 Å². The maximum absolute atomic E-state index is 4.00. The summed E-state index contributed by atoms with van der Waals surface area (Å²) in [4.78, 5) is 6.87. The van der Waals surface area contributed by atoms with Gasteiger partial charge in [0.1, 0.15) is 5.82 Å². The van der Waals surface area contributed by atoms with E-state index in [1.54, 1.807) is 0 Å². The lowest BCUT2D eigenvalue weighted by atomic mass is 9.99. The fourth-order valence-electron chi connectivity index (χ4n) is 1.06. The van der Waals surface area contributed by atoms with Crippen molar-refractivity contribution in [2.75, 3.05) is 0 Å². The van der Waals surface area contributed by atoms with Crippen molar-refractivity contribution in [3.8, 4) is 0 Å². The number of hydrogen-bond donors (Lipinski definition) is 1. The summed E-state index contributed by atoms with van der Waals surface area (Å²) in [7, 11) is 0. The van der Waals surface area contributed by atoms with E-state index in [0.29, 0.717) is 5.92 Å². The minimum absolute atomic E-state index is 0. The number of H-pyrrole nitrogens is 1. The second-order valence-corrected chi connectivity index (χ2v) is 3.08. The van der Waals surface area contributed by atoms with Crippen LogP contribution in [0.4, 0.5) is 5.82 Å². The van der Waals surface area contributed by atoms with Crippen LogP contribution < -0.4 is 0 Å². The van der Waals surface area contributed by atoms with Gasteiger partial charge in [-0.05, 0) is 24.3 Å². The summed E-state index contributed by atoms with van der Waals surface area (Å²) in [6, 6.07) is 1.98. The summed E-state index contributed by atoms with van der Waals surface area (Å²) in [5.74, 6) is 1.26. The number of aliphatic imine (C=N–C) groups is 1. The van der Waals surface area contributed by atoms with Crippen LogP contribution in [0.25, 0.3) is 5.57 Å². The van der Waals surface area contributed by atoms with Crippen LogP contribution in [0, 0.1) is 5.92 Å². The molecule has 0 radical (unpaired) electrons. The average molecular weight is 164 g/mol. The molecule has 0 saturated carbocycles. The van der Waals surface area contributed by atoms with Crippen molar-refractivity contribution in [2.45, 2.75) is 13.8 Å². The van der Waals surface area contributed by atoms with Gasteiger partial charge in [-0.2, -0.15) is 0 Å². The molecular weight excluding hydrogens is 148 g/mol. The normalized spacial score (nSPS) is 10.2. The molecule has 0 aromatic carbocycles. The van der Waals surface area contributed by atoms with Crippen LogP contribution in [0.3, 0.4) is 0 Å². The summed E-state index contributed by atoms with van der Waals surface area (Å²) >= 11 is 0. The molecular formula is C10H16N2. The van der Waals surface area contributed by atoms with Gasteiger partial charge in [-0.15, -0.1) is 0 Å². The molecule has 0 spiro atoms. The van der Waals surface area contributed by atoms with E-state index < -0.39 is 0 Å². The van der Waals surface area contributed by atoms with Crippen LogP contribution in [-0.2, 0) is 0 Å². The molecule has 0 amide bonds. The summed E-state index contributed by atoms with van der Waals surface area (Å²) < 4.78 is 0. The summed E-state index contributed by atoms with van der Waals surface area (Å²) in [6.07, 6.45) is 1.85. The van der Waals surface area contributed by atoms with E-state index in [9.17, 15) is 0 Å². The van der Waals surface area contributed by atoms with Crippen molar-refractivity contribution in [3.63, 3.8) is 0 Å². The van der Waals surface area contributed by atoms with Crippen molar-refractivity contribution in [3.05, 3.63) is 24.4 Å². The number of aromatic amines is 1. The van der Waals surface area contributed by atoms with Gasteiger partial charge in [0.15, 0.2) is 0 Å². The zero-order chi connectivity index (χ0) is 9.14. The monoisotopic (exact) mass is 164 g/mol. The molecule has 66 valence electrons. The first kappa shape index (κ1) is 8.78.